The minimum absolute atomic E-state index is 0.653. The summed E-state index contributed by atoms with van der Waals surface area (Å²) < 4.78 is 0. The summed E-state index contributed by atoms with van der Waals surface area (Å²) >= 11 is 10.0. The van der Waals surface area contributed by atoms with Gasteiger partial charge in [-0.2, -0.15) is 25.3 Å². The Kier molecular flexibility index (Phi) is 8.18. The fourth-order valence-corrected chi connectivity index (χ4v) is 3.57. The SMILES string of the molecule is CSc1cc(CS)c(N)c(C)c1N.Cc1cc(CS)c(N)c(C)c1N. The van der Waals surface area contributed by atoms with Crippen LogP contribution in [0.4, 0.5) is 22.7 Å². The average molecular weight is 397 g/mol. The van der Waals surface area contributed by atoms with Crippen molar-refractivity contribution in [1.29, 1.82) is 0 Å². The Bertz CT molecular complexity index is 733. The fourth-order valence-electron chi connectivity index (χ4n) is 2.41. The van der Waals surface area contributed by atoms with Gasteiger partial charge in [0, 0.05) is 33.5 Å². The highest BCUT2D eigenvalue weighted by Gasteiger charge is 2.09. The minimum atomic E-state index is 0.653. The third-order valence-electron chi connectivity index (χ3n) is 4.25. The summed E-state index contributed by atoms with van der Waals surface area (Å²) in [6.45, 7) is 5.86. The number of nitrogens with two attached hydrogens (primary N) is 4. The number of thiol groups is 2. The lowest BCUT2D eigenvalue weighted by molar-refractivity contribution is 1.29. The van der Waals surface area contributed by atoms with E-state index in [0.29, 0.717) is 11.5 Å². The van der Waals surface area contributed by atoms with Crippen LogP contribution in [0, 0.1) is 20.8 Å². The highest BCUT2D eigenvalue weighted by molar-refractivity contribution is 7.98. The van der Waals surface area contributed by atoms with Crippen LogP contribution in [0.15, 0.2) is 17.0 Å². The summed E-state index contributed by atoms with van der Waals surface area (Å²) in [6.07, 6.45) is 2.00. The number of benzene rings is 2. The second-order valence-corrected chi connectivity index (χ2v) is 7.29. The molecule has 25 heavy (non-hydrogen) atoms. The Morgan fingerprint density at radius 3 is 1.64 bits per heavy atom. The van der Waals surface area contributed by atoms with Gasteiger partial charge < -0.3 is 22.9 Å². The normalized spacial score (nSPS) is 10.3. The molecule has 0 fully saturated rings. The molecule has 0 aliphatic carbocycles. The van der Waals surface area contributed by atoms with Crippen molar-refractivity contribution in [3.8, 4) is 0 Å². The van der Waals surface area contributed by atoms with Crippen molar-refractivity contribution in [3.63, 3.8) is 0 Å². The molecule has 0 atom stereocenters. The van der Waals surface area contributed by atoms with Crippen molar-refractivity contribution in [3.05, 3.63) is 39.9 Å². The van der Waals surface area contributed by atoms with Crippen LogP contribution in [0.2, 0.25) is 0 Å². The number of hydrogen-bond acceptors (Lipinski definition) is 7. The van der Waals surface area contributed by atoms with Gasteiger partial charge in [0.2, 0.25) is 0 Å². The van der Waals surface area contributed by atoms with E-state index in [4.69, 9.17) is 22.9 Å². The molecule has 2 aromatic rings. The molecule has 2 aromatic carbocycles. The van der Waals surface area contributed by atoms with Gasteiger partial charge in [0.05, 0.1) is 5.69 Å². The van der Waals surface area contributed by atoms with Crippen LogP contribution in [0.25, 0.3) is 0 Å². The van der Waals surface area contributed by atoms with Crippen LogP contribution in [-0.2, 0) is 11.5 Å². The number of anilines is 4. The van der Waals surface area contributed by atoms with Crippen molar-refractivity contribution in [2.24, 2.45) is 0 Å². The van der Waals surface area contributed by atoms with Crippen LogP contribution in [0.1, 0.15) is 27.8 Å². The first-order valence-corrected chi connectivity index (χ1v) is 10.3. The molecule has 138 valence electrons. The van der Waals surface area contributed by atoms with E-state index in [1.54, 1.807) is 11.8 Å². The first kappa shape index (κ1) is 21.7. The topological polar surface area (TPSA) is 104 Å². The lowest BCUT2D eigenvalue weighted by atomic mass is 10.0. The minimum Gasteiger partial charge on any atom is -0.398 e. The zero-order valence-corrected chi connectivity index (χ0v) is 17.8. The van der Waals surface area contributed by atoms with Gasteiger partial charge in [-0.15, -0.1) is 11.8 Å². The zero-order chi connectivity index (χ0) is 19.3. The average Bonchev–Trinajstić information content (AvgIpc) is 2.62. The maximum absolute atomic E-state index is 5.89. The Morgan fingerprint density at radius 2 is 1.20 bits per heavy atom. The Hall–Kier alpha value is -1.31. The molecule has 0 radical (unpaired) electrons. The molecule has 0 aliphatic heterocycles. The molecule has 2 rings (SSSR count). The predicted molar refractivity (Wildman–Crippen MR) is 122 cm³/mol. The molecule has 0 unspecified atom stereocenters. The molecule has 0 saturated heterocycles. The third kappa shape index (κ3) is 4.86. The quantitative estimate of drug-likeness (QED) is 0.265. The van der Waals surface area contributed by atoms with E-state index >= 15 is 0 Å². The van der Waals surface area contributed by atoms with Crippen LogP contribution in [-0.4, -0.2) is 6.26 Å². The monoisotopic (exact) mass is 396 g/mol. The van der Waals surface area contributed by atoms with E-state index in [1.165, 1.54) is 0 Å². The van der Waals surface area contributed by atoms with E-state index in [1.807, 2.05) is 39.2 Å². The molecular weight excluding hydrogens is 368 g/mol. The highest BCUT2D eigenvalue weighted by atomic mass is 32.2. The largest absolute Gasteiger partial charge is 0.398 e. The molecule has 0 aliphatic rings. The molecule has 0 bridgehead atoms. The van der Waals surface area contributed by atoms with Crippen LogP contribution >= 0.6 is 37.0 Å². The number of hydrogen-bond donors (Lipinski definition) is 6. The Labute approximate surface area is 165 Å². The lowest BCUT2D eigenvalue weighted by Crippen LogP contribution is -2.02. The smallest absolute Gasteiger partial charge is 0.0502 e. The second-order valence-electron chi connectivity index (χ2n) is 5.81. The second kappa shape index (κ2) is 9.40. The van der Waals surface area contributed by atoms with Crippen LogP contribution in [0.3, 0.4) is 0 Å². The van der Waals surface area contributed by atoms with E-state index in [9.17, 15) is 0 Å². The highest BCUT2D eigenvalue weighted by Crippen LogP contribution is 2.33. The van der Waals surface area contributed by atoms with Gasteiger partial charge in [0.15, 0.2) is 0 Å². The third-order valence-corrected chi connectivity index (χ3v) is 5.71. The Morgan fingerprint density at radius 1 is 0.760 bits per heavy atom. The standard InChI is InChI=1S/C9H14N2S2.C9H14N2S/c1-5-8(10)6(4-12)3-7(13-2)9(5)11;1-5-3-7(4-12)9(11)6(2)8(5)10/h3,12H,4,10-11H2,1-2H3;3,12H,4,10-11H2,1-2H3. The number of nitrogen functional groups attached to an aromatic ring is 4. The van der Waals surface area contributed by atoms with Gasteiger partial charge in [0.1, 0.15) is 0 Å². The number of rotatable bonds is 3. The number of thioether (sulfide) groups is 1. The lowest BCUT2D eigenvalue weighted by Gasteiger charge is -2.12. The summed E-state index contributed by atoms with van der Waals surface area (Å²) in [5.41, 5.74) is 31.7. The summed E-state index contributed by atoms with van der Waals surface area (Å²) in [7, 11) is 0. The molecule has 0 aromatic heterocycles. The van der Waals surface area contributed by atoms with Crippen LogP contribution < -0.4 is 22.9 Å². The maximum atomic E-state index is 5.89. The van der Waals surface area contributed by atoms with Crippen molar-refractivity contribution >= 4 is 59.8 Å². The van der Waals surface area contributed by atoms with E-state index in [0.717, 1.165) is 55.5 Å². The molecule has 7 heteroatoms. The van der Waals surface area contributed by atoms with Gasteiger partial charge in [0.25, 0.3) is 0 Å². The van der Waals surface area contributed by atoms with Gasteiger partial charge in [-0.3, -0.25) is 0 Å². The van der Waals surface area contributed by atoms with Gasteiger partial charge in [-0.1, -0.05) is 6.07 Å². The molecule has 4 nitrogen and oxygen atoms in total. The maximum Gasteiger partial charge on any atom is 0.0502 e. The van der Waals surface area contributed by atoms with Crippen molar-refractivity contribution in [2.75, 3.05) is 29.2 Å². The first-order valence-electron chi connectivity index (χ1n) is 7.76. The van der Waals surface area contributed by atoms with E-state index in [2.05, 4.69) is 25.3 Å². The summed E-state index contributed by atoms with van der Waals surface area (Å²) in [5, 5.41) is 0. The summed E-state index contributed by atoms with van der Waals surface area (Å²) in [5.74, 6) is 1.31. The van der Waals surface area contributed by atoms with Crippen LogP contribution in [0.5, 0.6) is 0 Å². The van der Waals surface area contributed by atoms with E-state index in [-0.39, 0.29) is 0 Å². The first-order chi connectivity index (χ1) is 11.7. The molecule has 0 spiro atoms. The summed E-state index contributed by atoms with van der Waals surface area (Å²) in [6, 6.07) is 4.00. The van der Waals surface area contributed by atoms with Crippen molar-refractivity contribution < 1.29 is 0 Å². The van der Waals surface area contributed by atoms with Gasteiger partial charge in [-0.05, 0) is 60.9 Å². The van der Waals surface area contributed by atoms with Gasteiger partial charge in [-0.25, -0.2) is 0 Å². The molecule has 0 amide bonds. The fraction of sp³-hybridized carbons (Fsp3) is 0.333. The zero-order valence-electron chi connectivity index (χ0n) is 15.2. The summed E-state index contributed by atoms with van der Waals surface area (Å²) in [4.78, 5) is 1.08. The van der Waals surface area contributed by atoms with Crippen molar-refractivity contribution in [2.45, 2.75) is 37.2 Å². The molecule has 0 saturated carbocycles. The van der Waals surface area contributed by atoms with E-state index < -0.39 is 0 Å². The number of aryl methyl sites for hydroxylation is 1. The predicted octanol–water partition coefficient (Wildman–Crippen LogP) is 4.21. The Balaban J connectivity index is 0.000000251. The molecular formula is C18H28N4S3. The van der Waals surface area contributed by atoms with Gasteiger partial charge >= 0.3 is 0 Å². The molecule has 0 heterocycles. The molecule has 8 N–H and O–H groups in total. The van der Waals surface area contributed by atoms with Crippen molar-refractivity contribution in [1.82, 2.24) is 0 Å².